The largest absolute Gasteiger partial charge is 0.480 e. The Kier molecular flexibility index (Phi) is 6.91. The van der Waals surface area contributed by atoms with Gasteiger partial charge in [-0.3, -0.25) is 0 Å². The number of likely N-dealkylation sites (N-methyl/N-ethyl adjacent to an activating group) is 1. The summed E-state index contributed by atoms with van der Waals surface area (Å²) in [5.41, 5.74) is -0.263. The first kappa shape index (κ1) is 16.0. The van der Waals surface area contributed by atoms with Crippen molar-refractivity contribution in [2.75, 3.05) is 25.2 Å². The van der Waals surface area contributed by atoms with Crippen molar-refractivity contribution in [2.45, 2.75) is 18.4 Å². The van der Waals surface area contributed by atoms with E-state index in [1.807, 2.05) is 30.3 Å². The lowest BCUT2D eigenvalue weighted by atomic mass is 9.87. The SMILES string of the molecule is CNC(CCSCCCO)(C(=O)O)c1ccccc1. The van der Waals surface area contributed by atoms with Gasteiger partial charge in [-0.1, -0.05) is 30.3 Å². The number of hydrogen-bond acceptors (Lipinski definition) is 4. The number of carboxylic acids is 1. The van der Waals surface area contributed by atoms with E-state index < -0.39 is 11.5 Å². The standard InChI is InChI=1S/C14H21NO3S/c1-15-14(13(17)18,8-11-19-10-5-9-16)12-6-3-2-4-7-12/h2-4,6-7,15-16H,5,8-11H2,1H3,(H,17,18). The first-order chi connectivity index (χ1) is 9.17. The van der Waals surface area contributed by atoms with Crippen LogP contribution in [0.15, 0.2) is 30.3 Å². The van der Waals surface area contributed by atoms with Gasteiger partial charge in [0, 0.05) is 6.61 Å². The zero-order valence-corrected chi connectivity index (χ0v) is 11.9. The molecule has 1 rings (SSSR count). The summed E-state index contributed by atoms with van der Waals surface area (Å²) in [5, 5.41) is 21.2. The van der Waals surface area contributed by atoms with Crippen LogP contribution in [0.4, 0.5) is 0 Å². The van der Waals surface area contributed by atoms with E-state index in [1.165, 1.54) is 0 Å². The Labute approximate surface area is 118 Å². The zero-order chi connectivity index (χ0) is 14.1. The molecule has 0 bridgehead atoms. The number of nitrogens with one attached hydrogen (secondary N) is 1. The van der Waals surface area contributed by atoms with E-state index in [2.05, 4.69) is 5.32 Å². The highest BCUT2D eigenvalue weighted by Crippen LogP contribution is 2.27. The van der Waals surface area contributed by atoms with E-state index >= 15 is 0 Å². The fourth-order valence-electron chi connectivity index (χ4n) is 1.97. The molecule has 0 amide bonds. The van der Waals surface area contributed by atoms with Crippen molar-refractivity contribution in [3.05, 3.63) is 35.9 Å². The molecule has 19 heavy (non-hydrogen) atoms. The minimum atomic E-state index is -1.03. The van der Waals surface area contributed by atoms with E-state index in [-0.39, 0.29) is 6.61 Å². The summed E-state index contributed by atoms with van der Waals surface area (Å²) in [4.78, 5) is 11.7. The van der Waals surface area contributed by atoms with Crippen molar-refractivity contribution < 1.29 is 15.0 Å². The fraction of sp³-hybridized carbons (Fsp3) is 0.500. The van der Waals surface area contributed by atoms with Gasteiger partial charge in [0.15, 0.2) is 0 Å². The summed E-state index contributed by atoms with van der Waals surface area (Å²) in [6.45, 7) is 0.182. The van der Waals surface area contributed by atoms with Crippen LogP contribution in [0.25, 0.3) is 0 Å². The highest BCUT2D eigenvalue weighted by Gasteiger charge is 2.38. The molecule has 5 heteroatoms. The van der Waals surface area contributed by atoms with Crippen molar-refractivity contribution >= 4 is 17.7 Å². The normalized spacial score (nSPS) is 14.0. The second kappa shape index (κ2) is 8.19. The first-order valence-electron chi connectivity index (χ1n) is 6.34. The second-order valence-electron chi connectivity index (χ2n) is 4.27. The van der Waals surface area contributed by atoms with E-state index in [9.17, 15) is 9.90 Å². The van der Waals surface area contributed by atoms with E-state index in [1.54, 1.807) is 18.8 Å². The summed E-state index contributed by atoms with van der Waals surface area (Å²) >= 11 is 1.67. The maximum atomic E-state index is 11.7. The maximum Gasteiger partial charge on any atom is 0.328 e. The van der Waals surface area contributed by atoms with Crippen LogP contribution in [0.2, 0.25) is 0 Å². The molecule has 0 aromatic heterocycles. The lowest BCUT2D eigenvalue weighted by molar-refractivity contribution is -0.145. The van der Waals surface area contributed by atoms with Gasteiger partial charge in [-0.2, -0.15) is 11.8 Å². The maximum absolute atomic E-state index is 11.7. The minimum absolute atomic E-state index is 0.182. The molecule has 0 heterocycles. The summed E-state index contributed by atoms with van der Waals surface area (Å²) in [7, 11) is 1.68. The predicted octanol–water partition coefficient (Wildman–Crippen LogP) is 1.69. The molecule has 1 atom stereocenters. The number of thioether (sulfide) groups is 1. The lowest BCUT2D eigenvalue weighted by Gasteiger charge is -2.29. The van der Waals surface area contributed by atoms with Gasteiger partial charge in [0.25, 0.3) is 0 Å². The van der Waals surface area contributed by atoms with Crippen LogP contribution in [0.3, 0.4) is 0 Å². The van der Waals surface area contributed by atoms with Crippen LogP contribution >= 0.6 is 11.8 Å². The highest BCUT2D eigenvalue weighted by atomic mass is 32.2. The van der Waals surface area contributed by atoms with Gasteiger partial charge in [-0.25, -0.2) is 4.79 Å². The van der Waals surface area contributed by atoms with Crippen molar-refractivity contribution in [1.82, 2.24) is 5.32 Å². The van der Waals surface area contributed by atoms with Gasteiger partial charge in [-0.05, 0) is 37.0 Å². The molecule has 0 aliphatic carbocycles. The predicted molar refractivity (Wildman–Crippen MR) is 78.5 cm³/mol. The quantitative estimate of drug-likeness (QED) is 0.602. The number of aliphatic carboxylic acids is 1. The fourth-order valence-corrected chi connectivity index (χ4v) is 2.96. The molecular weight excluding hydrogens is 262 g/mol. The molecule has 106 valence electrons. The Morgan fingerprint density at radius 1 is 1.32 bits per heavy atom. The molecular formula is C14H21NO3S. The van der Waals surface area contributed by atoms with Gasteiger partial charge >= 0.3 is 5.97 Å². The highest BCUT2D eigenvalue weighted by molar-refractivity contribution is 7.99. The Bertz CT molecular complexity index is 386. The van der Waals surface area contributed by atoms with Crippen LogP contribution in [0, 0.1) is 0 Å². The average molecular weight is 283 g/mol. The van der Waals surface area contributed by atoms with Crippen LogP contribution in [0.1, 0.15) is 18.4 Å². The Morgan fingerprint density at radius 3 is 2.53 bits per heavy atom. The van der Waals surface area contributed by atoms with Gasteiger partial charge in [-0.15, -0.1) is 0 Å². The minimum Gasteiger partial charge on any atom is -0.480 e. The number of carbonyl (C=O) groups is 1. The van der Waals surface area contributed by atoms with Gasteiger partial charge in [0.05, 0.1) is 0 Å². The molecule has 1 aromatic rings. The molecule has 1 aromatic carbocycles. The summed E-state index contributed by atoms with van der Waals surface area (Å²) in [6.07, 6.45) is 1.26. The molecule has 0 aliphatic heterocycles. The molecule has 3 N–H and O–H groups in total. The Hall–Kier alpha value is -1.04. The summed E-state index contributed by atoms with van der Waals surface area (Å²) in [6, 6.07) is 9.25. The lowest BCUT2D eigenvalue weighted by Crippen LogP contribution is -2.47. The Morgan fingerprint density at radius 2 is 2.00 bits per heavy atom. The number of benzene rings is 1. The van der Waals surface area contributed by atoms with Crippen LogP contribution in [-0.4, -0.2) is 41.3 Å². The topological polar surface area (TPSA) is 69.6 Å². The van der Waals surface area contributed by atoms with Crippen LogP contribution < -0.4 is 5.32 Å². The molecule has 1 unspecified atom stereocenters. The molecule has 0 radical (unpaired) electrons. The monoisotopic (exact) mass is 283 g/mol. The number of rotatable bonds is 9. The molecule has 4 nitrogen and oxygen atoms in total. The van der Waals surface area contributed by atoms with Gasteiger partial charge < -0.3 is 15.5 Å². The third-order valence-corrected chi connectivity index (χ3v) is 4.20. The Balaban J connectivity index is 2.74. The third-order valence-electron chi connectivity index (χ3n) is 3.13. The number of aliphatic hydroxyl groups excluding tert-OH is 1. The van der Waals surface area contributed by atoms with E-state index in [0.717, 1.165) is 23.5 Å². The summed E-state index contributed by atoms with van der Waals surface area (Å²) in [5.74, 6) is 0.733. The van der Waals surface area contributed by atoms with Gasteiger partial charge in [0.2, 0.25) is 0 Å². The average Bonchev–Trinajstić information content (AvgIpc) is 2.44. The van der Waals surface area contributed by atoms with Crippen LogP contribution in [-0.2, 0) is 10.3 Å². The molecule has 0 spiro atoms. The number of carboxylic acid groups (broad SMARTS) is 1. The molecule has 0 fully saturated rings. The zero-order valence-electron chi connectivity index (χ0n) is 11.1. The van der Waals surface area contributed by atoms with Gasteiger partial charge in [0.1, 0.15) is 5.54 Å². The van der Waals surface area contributed by atoms with E-state index in [4.69, 9.17) is 5.11 Å². The number of aliphatic hydroxyl groups is 1. The van der Waals surface area contributed by atoms with Crippen molar-refractivity contribution in [2.24, 2.45) is 0 Å². The second-order valence-corrected chi connectivity index (χ2v) is 5.49. The van der Waals surface area contributed by atoms with Crippen molar-refractivity contribution in [3.63, 3.8) is 0 Å². The smallest absolute Gasteiger partial charge is 0.328 e. The summed E-state index contributed by atoms with van der Waals surface area (Å²) < 4.78 is 0. The van der Waals surface area contributed by atoms with E-state index in [0.29, 0.717) is 6.42 Å². The van der Waals surface area contributed by atoms with Crippen molar-refractivity contribution in [1.29, 1.82) is 0 Å². The third kappa shape index (κ3) is 4.23. The first-order valence-corrected chi connectivity index (χ1v) is 7.49. The number of hydrogen-bond donors (Lipinski definition) is 3. The molecule has 0 saturated carbocycles. The van der Waals surface area contributed by atoms with Crippen molar-refractivity contribution in [3.8, 4) is 0 Å². The molecule has 0 aliphatic rings. The molecule has 0 saturated heterocycles. The van der Waals surface area contributed by atoms with Crippen LogP contribution in [0.5, 0.6) is 0 Å².